The Balaban J connectivity index is 2.08. The lowest BCUT2D eigenvalue weighted by molar-refractivity contribution is -0.383. The van der Waals surface area contributed by atoms with Crippen molar-refractivity contribution in [1.82, 2.24) is 10.4 Å². The van der Waals surface area contributed by atoms with Gasteiger partial charge in [0.1, 0.15) is 6.04 Å². The number of nitro groups is 1. The molecule has 24 heavy (non-hydrogen) atoms. The normalized spacial score (nSPS) is 17.0. The van der Waals surface area contributed by atoms with E-state index in [0.717, 1.165) is 5.01 Å². The highest BCUT2D eigenvalue weighted by atomic mass is 19.4. The molecule has 0 saturated carbocycles. The summed E-state index contributed by atoms with van der Waals surface area (Å²) in [5.41, 5.74) is 1.95. The van der Waals surface area contributed by atoms with E-state index < -0.39 is 23.0 Å². The second-order valence-corrected chi connectivity index (χ2v) is 5.44. The molecule has 1 saturated heterocycles. The van der Waals surface area contributed by atoms with Gasteiger partial charge in [-0.05, 0) is 23.1 Å². The van der Waals surface area contributed by atoms with E-state index in [1.54, 1.807) is 0 Å². The summed E-state index contributed by atoms with van der Waals surface area (Å²) in [6, 6.07) is 6.01. The van der Waals surface area contributed by atoms with Gasteiger partial charge in [0.2, 0.25) is 5.91 Å². The van der Waals surface area contributed by atoms with Crippen molar-refractivity contribution >= 4 is 22.4 Å². The summed E-state index contributed by atoms with van der Waals surface area (Å²) in [6.45, 7) is -0.0595. The Labute approximate surface area is 134 Å². The number of non-ortho nitro benzene ring substituents is 1. The van der Waals surface area contributed by atoms with E-state index in [2.05, 4.69) is 5.43 Å². The van der Waals surface area contributed by atoms with Gasteiger partial charge in [-0.2, -0.15) is 13.2 Å². The summed E-state index contributed by atoms with van der Waals surface area (Å²) in [5, 5.41) is 12.5. The number of hydrogen-bond donors (Lipinski definition) is 1. The molecule has 0 aliphatic carbocycles. The predicted molar refractivity (Wildman–Crippen MR) is 78.9 cm³/mol. The molecule has 1 unspecified atom stereocenters. The Bertz CT molecular complexity index is 822. The Hall–Kier alpha value is -2.68. The maximum absolute atomic E-state index is 13.5. The molecule has 2 aromatic rings. The second kappa shape index (κ2) is 5.75. The summed E-state index contributed by atoms with van der Waals surface area (Å²) in [4.78, 5) is 21.7. The number of hydrazine groups is 1. The summed E-state index contributed by atoms with van der Waals surface area (Å²) in [7, 11) is 0. The minimum absolute atomic E-state index is 0.00830. The highest BCUT2D eigenvalue weighted by molar-refractivity contribution is 5.91. The monoisotopic (exact) mass is 339 g/mol. The first-order valence-corrected chi connectivity index (χ1v) is 7.07. The van der Waals surface area contributed by atoms with Gasteiger partial charge >= 0.3 is 6.18 Å². The van der Waals surface area contributed by atoms with Gasteiger partial charge in [0, 0.05) is 19.0 Å². The number of alkyl halides is 3. The third-order valence-corrected chi connectivity index (χ3v) is 3.86. The minimum atomic E-state index is -4.61. The number of hydrogen-bond acceptors (Lipinski definition) is 4. The third-order valence-electron chi connectivity index (χ3n) is 3.86. The molecule has 1 heterocycles. The first-order valence-electron chi connectivity index (χ1n) is 7.07. The largest absolute Gasteiger partial charge is 0.409 e. The molecule has 1 fully saturated rings. The molecule has 0 radical (unpaired) electrons. The number of halogens is 3. The van der Waals surface area contributed by atoms with Crippen LogP contribution in [0.4, 0.5) is 18.9 Å². The van der Waals surface area contributed by atoms with Crippen molar-refractivity contribution in [1.29, 1.82) is 0 Å². The van der Waals surface area contributed by atoms with Crippen molar-refractivity contribution in [3.63, 3.8) is 0 Å². The van der Waals surface area contributed by atoms with Gasteiger partial charge in [0.25, 0.3) is 5.69 Å². The van der Waals surface area contributed by atoms with Gasteiger partial charge in [-0.25, -0.2) is 5.01 Å². The topological polar surface area (TPSA) is 75.5 Å². The molecule has 0 aromatic heterocycles. The quantitative estimate of drug-likeness (QED) is 0.689. The van der Waals surface area contributed by atoms with E-state index in [0.29, 0.717) is 5.39 Å². The number of rotatable bonds is 3. The number of nitrogens with zero attached hydrogens (tertiary/aromatic N) is 2. The molecule has 126 valence electrons. The lowest BCUT2D eigenvalue weighted by atomic mass is 10.00. The highest BCUT2D eigenvalue weighted by Crippen LogP contribution is 2.39. The molecule has 1 atom stereocenters. The first-order chi connectivity index (χ1) is 11.3. The number of carbonyl (C=O) groups is 1. The van der Waals surface area contributed by atoms with Gasteiger partial charge in [-0.3, -0.25) is 20.3 Å². The van der Waals surface area contributed by atoms with Crippen molar-refractivity contribution in [3.05, 3.63) is 52.1 Å². The molecule has 1 N–H and O–H groups in total. The molecule has 2 aromatic carbocycles. The second-order valence-electron chi connectivity index (χ2n) is 5.44. The number of benzene rings is 2. The van der Waals surface area contributed by atoms with Crippen LogP contribution in [0.1, 0.15) is 18.0 Å². The maximum Gasteiger partial charge on any atom is 0.409 e. The zero-order valence-corrected chi connectivity index (χ0v) is 12.2. The molecular formula is C15H12F3N3O3. The molecule has 6 nitrogen and oxygen atoms in total. The van der Waals surface area contributed by atoms with Crippen LogP contribution < -0.4 is 5.43 Å². The van der Waals surface area contributed by atoms with Gasteiger partial charge in [-0.1, -0.05) is 18.2 Å². The lowest BCUT2D eigenvalue weighted by Crippen LogP contribution is -2.43. The summed E-state index contributed by atoms with van der Waals surface area (Å²) < 4.78 is 40.5. The van der Waals surface area contributed by atoms with E-state index in [9.17, 15) is 28.1 Å². The predicted octanol–water partition coefficient (Wildman–Crippen LogP) is 3.09. The van der Waals surface area contributed by atoms with Crippen molar-refractivity contribution in [2.45, 2.75) is 18.6 Å². The Kier molecular flexibility index (Phi) is 3.88. The van der Waals surface area contributed by atoms with Crippen LogP contribution in [0.2, 0.25) is 0 Å². The van der Waals surface area contributed by atoms with E-state index in [4.69, 9.17) is 0 Å². The summed E-state index contributed by atoms with van der Waals surface area (Å²) >= 11 is 0. The smallest absolute Gasteiger partial charge is 0.288 e. The zero-order valence-electron chi connectivity index (χ0n) is 12.2. The summed E-state index contributed by atoms with van der Waals surface area (Å²) in [5.74, 6) is -0.472. The van der Waals surface area contributed by atoms with Gasteiger partial charge < -0.3 is 0 Å². The molecule has 0 bridgehead atoms. The average Bonchev–Trinajstić information content (AvgIpc) is 2.91. The van der Waals surface area contributed by atoms with Crippen LogP contribution in [0, 0.1) is 10.1 Å². The fourth-order valence-electron chi connectivity index (χ4n) is 2.85. The molecule has 1 aliphatic rings. The van der Waals surface area contributed by atoms with Crippen LogP contribution in [0.3, 0.4) is 0 Å². The minimum Gasteiger partial charge on any atom is -0.288 e. The highest BCUT2D eigenvalue weighted by Gasteiger charge is 2.47. The van der Waals surface area contributed by atoms with E-state index in [1.165, 1.54) is 36.4 Å². The van der Waals surface area contributed by atoms with E-state index in [-0.39, 0.29) is 29.6 Å². The van der Waals surface area contributed by atoms with Crippen LogP contribution in [-0.2, 0) is 4.79 Å². The number of carbonyl (C=O) groups excluding carboxylic acids is 1. The lowest BCUT2D eigenvalue weighted by Gasteiger charge is -2.29. The Morgan fingerprint density at radius 3 is 2.58 bits per heavy atom. The number of amides is 1. The number of nitrogens with one attached hydrogen (secondary N) is 1. The zero-order chi connectivity index (χ0) is 17.5. The van der Waals surface area contributed by atoms with E-state index in [1.807, 2.05) is 0 Å². The molecule has 9 heteroatoms. The summed E-state index contributed by atoms with van der Waals surface area (Å²) in [6.07, 6.45) is -4.61. The molecule has 1 amide bonds. The van der Waals surface area contributed by atoms with Crippen LogP contribution in [0.25, 0.3) is 10.8 Å². The van der Waals surface area contributed by atoms with Crippen LogP contribution in [0.15, 0.2) is 36.4 Å². The first kappa shape index (κ1) is 16.2. The van der Waals surface area contributed by atoms with Crippen LogP contribution >= 0.6 is 0 Å². The van der Waals surface area contributed by atoms with Crippen molar-refractivity contribution in [2.75, 3.05) is 6.54 Å². The molecule has 0 spiro atoms. The maximum atomic E-state index is 13.5. The number of nitro benzene ring substituents is 1. The van der Waals surface area contributed by atoms with Crippen molar-refractivity contribution in [3.8, 4) is 0 Å². The fourth-order valence-corrected chi connectivity index (χ4v) is 2.85. The van der Waals surface area contributed by atoms with Crippen LogP contribution in [-0.4, -0.2) is 28.6 Å². The van der Waals surface area contributed by atoms with Gasteiger partial charge in [0.05, 0.1) is 10.3 Å². The van der Waals surface area contributed by atoms with E-state index >= 15 is 0 Å². The van der Waals surface area contributed by atoms with Crippen molar-refractivity contribution in [2.24, 2.45) is 0 Å². The van der Waals surface area contributed by atoms with Crippen molar-refractivity contribution < 1.29 is 22.9 Å². The molecular weight excluding hydrogens is 327 g/mol. The Morgan fingerprint density at radius 1 is 1.25 bits per heavy atom. The standard InChI is InChI=1S/C15H12F3N3O3/c16-15(17,18)14(20-7-6-13(22)19-20)10-4-5-11-9(8-10)2-1-3-12(11)21(23)24/h1-5,8,14H,6-7H2,(H,19,22). The SMILES string of the molecule is O=C1CCN(C(c2ccc3c([N+](=O)[O-])cccc3c2)C(F)(F)F)N1. The molecule has 1 aliphatic heterocycles. The fraction of sp³-hybridized carbons (Fsp3) is 0.267. The van der Waals surface area contributed by atoms with Gasteiger partial charge in [-0.15, -0.1) is 0 Å². The Morgan fingerprint density at radius 2 is 2.00 bits per heavy atom. The average molecular weight is 339 g/mol. The number of fused-ring (bicyclic) bond motifs is 1. The van der Waals surface area contributed by atoms with Gasteiger partial charge in [0.15, 0.2) is 0 Å². The molecule has 3 rings (SSSR count). The van der Waals surface area contributed by atoms with Crippen LogP contribution in [0.5, 0.6) is 0 Å². The third kappa shape index (κ3) is 2.90.